The number of aryl methyl sites for hydroxylation is 1. The highest BCUT2D eigenvalue weighted by atomic mass is 32.1. The highest BCUT2D eigenvalue weighted by Gasteiger charge is 1.99. The quantitative estimate of drug-likeness (QED) is 0.844. The predicted octanol–water partition coefficient (Wildman–Crippen LogP) is 2.71. The smallest absolute Gasteiger partial charge is 0.139 e. The van der Waals surface area contributed by atoms with Crippen molar-refractivity contribution in [3.05, 3.63) is 28.0 Å². The van der Waals surface area contributed by atoms with E-state index < -0.39 is 0 Å². The molecule has 0 aromatic carbocycles. The minimum Gasteiger partial charge on any atom is -0.383 e. The van der Waals surface area contributed by atoms with E-state index in [-0.39, 0.29) is 0 Å². The molecule has 3 nitrogen and oxygen atoms in total. The van der Waals surface area contributed by atoms with Gasteiger partial charge in [-0.2, -0.15) is 4.37 Å². The molecule has 0 spiro atoms. The zero-order valence-corrected chi connectivity index (χ0v) is 9.41. The summed E-state index contributed by atoms with van der Waals surface area (Å²) in [6.07, 6.45) is 0. The number of aromatic nitrogens is 1. The molecule has 2 heterocycles. The summed E-state index contributed by atoms with van der Waals surface area (Å²) in [4.78, 5) is 2.67. The highest BCUT2D eigenvalue weighted by molar-refractivity contribution is 7.12. The molecule has 0 saturated carbocycles. The average Bonchev–Trinajstić information content (AvgIpc) is 2.72. The standard InChI is InChI=1S/C9H11N3S2/c1-6-2-3-7(13-6)5-11-9-4-8(10)12-14-9/h2-4,11H,5H2,1H3,(H2,10,12). The molecular formula is C9H11N3S2. The van der Waals surface area contributed by atoms with E-state index in [1.54, 1.807) is 11.3 Å². The zero-order valence-electron chi connectivity index (χ0n) is 7.78. The van der Waals surface area contributed by atoms with Crippen LogP contribution in [0.4, 0.5) is 10.8 Å². The van der Waals surface area contributed by atoms with Crippen molar-refractivity contribution >= 4 is 33.7 Å². The van der Waals surface area contributed by atoms with Crippen molar-refractivity contribution in [2.75, 3.05) is 11.1 Å². The Balaban J connectivity index is 1.94. The van der Waals surface area contributed by atoms with E-state index in [4.69, 9.17) is 5.73 Å². The summed E-state index contributed by atoms with van der Waals surface area (Å²) < 4.78 is 3.99. The Labute approximate surface area is 90.7 Å². The van der Waals surface area contributed by atoms with E-state index in [1.165, 1.54) is 21.3 Å². The Kier molecular flexibility index (Phi) is 2.69. The first-order chi connectivity index (χ1) is 6.74. The van der Waals surface area contributed by atoms with Crippen molar-refractivity contribution < 1.29 is 0 Å². The number of hydrogen-bond donors (Lipinski definition) is 2. The van der Waals surface area contributed by atoms with E-state index in [0.29, 0.717) is 5.82 Å². The third kappa shape index (κ3) is 2.24. The Morgan fingerprint density at radius 3 is 2.93 bits per heavy atom. The van der Waals surface area contributed by atoms with Gasteiger partial charge in [0.15, 0.2) is 0 Å². The number of nitrogens with two attached hydrogens (primary N) is 1. The summed E-state index contributed by atoms with van der Waals surface area (Å²) in [5.41, 5.74) is 5.51. The fraction of sp³-hybridized carbons (Fsp3) is 0.222. The molecule has 0 aliphatic heterocycles. The second kappa shape index (κ2) is 3.98. The Morgan fingerprint density at radius 1 is 1.50 bits per heavy atom. The molecule has 0 amide bonds. The van der Waals surface area contributed by atoms with Crippen LogP contribution in [0.1, 0.15) is 9.75 Å². The lowest BCUT2D eigenvalue weighted by Gasteiger charge is -1.98. The molecule has 0 aliphatic rings. The molecule has 0 saturated heterocycles. The minimum absolute atomic E-state index is 0.583. The summed E-state index contributed by atoms with van der Waals surface area (Å²) in [6.45, 7) is 2.96. The van der Waals surface area contributed by atoms with Gasteiger partial charge in [0.2, 0.25) is 0 Å². The largest absolute Gasteiger partial charge is 0.383 e. The number of rotatable bonds is 3. The summed E-state index contributed by atoms with van der Waals surface area (Å²) in [6, 6.07) is 6.12. The number of thiophene rings is 1. The first-order valence-electron chi connectivity index (χ1n) is 4.25. The highest BCUT2D eigenvalue weighted by Crippen LogP contribution is 2.20. The topological polar surface area (TPSA) is 50.9 Å². The van der Waals surface area contributed by atoms with Crippen LogP contribution in [0, 0.1) is 6.92 Å². The van der Waals surface area contributed by atoms with Crippen LogP contribution in [0.2, 0.25) is 0 Å². The average molecular weight is 225 g/mol. The minimum atomic E-state index is 0.583. The van der Waals surface area contributed by atoms with E-state index in [2.05, 4.69) is 28.7 Å². The van der Waals surface area contributed by atoms with Crippen LogP contribution in [0.25, 0.3) is 0 Å². The Morgan fingerprint density at radius 2 is 2.36 bits per heavy atom. The Hall–Kier alpha value is -1.07. The number of nitrogens with one attached hydrogen (secondary N) is 1. The molecular weight excluding hydrogens is 214 g/mol. The molecule has 14 heavy (non-hydrogen) atoms. The van der Waals surface area contributed by atoms with Crippen LogP contribution in [0.3, 0.4) is 0 Å². The van der Waals surface area contributed by atoms with Gasteiger partial charge < -0.3 is 11.1 Å². The molecule has 2 rings (SSSR count). The first kappa shape index (κ1) is 9.48. The predicted molar refractivity (Wildman–Crippen MR) is 62.9 cm³/mol. The van der Waals surface area contributed by atoms with E-state index in [0.717, 1.165) is 11.5 Å². The fourth-order valence-corrected chi connectivity index (χ4v) is 2.52. The van der Waals surface area contributed by atoms with Crippen molar-refractivity contribution in [2.24, 2.45) is 0 Å². The van der Waals surface area contributed by atoms with Gasteiger partial charge in [-0.1, -0.05) is 0 Å². The van der Waals surface area contributed by atoms with Gasteiger partial charge in [0.25, 0.3) is 0 Å². The molecule has 3 N–H and O–H groups in total. The fourth-order valence-electron chi connectivity index (χ4n) is 1.13. The first-order valence-corrected chi connectivity index (χ1v) is 5.84. The van der Waals surface area contributed by atoms with Crippen LogP contribution in [-0.4, -0.2) is 4.37 Å². The molecule has 0 bridgehead atoms. The van der Waals surface area contributed by atoms with Crippen molar-refractivity contribution in [1.29, 1.82) is 0 Å². The molecule has 2 aromatic rings. The second-order valence-electron chi connectivity index (χ2n) is 2.98. The van der Waals surface area contributed by atoms with Crippen molar-refractivity contribution in [1.82, 2.24) is 4.37 Å². The lowest BCUT2D eigenvalue weighted by atomic mass is 10.4. The van der Waals surface area contributed by atoms with Gasteiger partial charge in [0.1, 0.15) is 10.8 Å². The molecule has 0 unspecified atom stereocenters. The zero-order chi connectivity index (χ0) is 9.97. The molecule has 0 atom stereocenters. The van der Waals surface area contributed by atoms with Crippen molar-refractivity contribution in [3.8, 4) is 0 Å². The van der Waals surface area contributed by atoms with Gasteiger partial charge in [-0.3, -0.25) is 0 Å². The maximum absolute atomic E-state index is 5.51. The third-order valence-corrected chi connectivity index (χ3v) is 3.52. The monoisotopic (exact) mass is 225 g/mol. The number of nitrogen functional groups attached to an aromatic ring is 1. The molecule has 0 aliphatic carbocycles. The van der Waals surface area contributed by atoms with Gasteiger partial charge in [-0.15, -0.1) is 11.3 Å². The van der Waals surface area contributed by atoms with Crippen LogP contribution in [-0.2, 0) is 6.54 Å². The van der Waals surface area contributed by atoms with Crippen molar-refractivity contribution in [3.63, 3.8) is 0 Å². The molecule has 0 fully saturated rings. The van der Waals surface area contributed by atoms with E-state index in [1.807, 2.05) is 6.07 Å². The normalized spacial score (nSPS) is 10.4. The molecule has 2 aromatic heterocycles. The summed E-state index contributed by atoms with van der Waals surface area (Å²) in [5.74, 6) is 0.583. The van der Waals surface area contributed by atoms with Gasteiger partial charge >= 0.3 is 0 Å². The SMILES string of the molecule is Cc1ccc(CNc2cc(N)ns2)s1. The summed E-state index contributed by atoms with van der Waals surface area (Å²) >= 11 is 3.20. The second-order valence-corrected chi connectivity index (χ2v) is 5.16. The van der Waals surface area contributed by atoms with Gasteiger partial charge in [-0.25, -0.2) is 0 Å². The Bertz CT molecular complexity index is 379. The lowest BCUT2D eigenvalue weighted by Crippen LogP contribution is -1.94. The van der Waals surface area contributed by atoms with Crippen LogP contribution in [0.5, 0.6) is 0 Å². The molecule has 74 valence electrons. The van der Waals surface area contributed by atoms with Crippen LogP contribution in [0.15, 0.2) is 18.2 Å². The third-order valence-electron chi connectivity index (χ3n) is 1.76. The van der Waals surface area contributed by atoms with Gasteiger partial charge in [0, 0.05) is 15.8 Å². The van der Waals surface area contributed by atoms with Crippen molar-refractivity contribution in [2.45, 2.75) is 13.5 Å². The molecule has 5 heteroatoms. The van der Waals surface area contributed by atoms with E-state index in [9.17, 15) is 0 Å². The van der Waals surface area contributed by atoms with Crippen LogP contribution >= 0.6 is 22.9 Å². The molecule has 0 radical (unpaired) electrons. The number of anilines is 2. The lowest BCUT2D eigenvalue weighted by molar-refractivity contribution is 1.21. The van der Waals surface area contributed by atoms with E-state index >= 15 is 0 Å². The van der Waals surface area contributed by atoms with Crippen LogP contribution < -0.4 is 11.1 Å². The number of nitrogens with zero attached hydrogens (tertiary/aromatic N) is 1. The number of hydrogen-bond acceptors (Lipinski definition) is 5. The maximum Gasteiger partial charge on any atom is 0.139 e. The summed E-state index contributed by atoms with van der Waals surface area (Å²) in [7, 11) is 0. The maximum atomic E-state index is 5.51. The van der Waals surface area contributed by atoms with Gasteiger partial charge in [0.05, 0.1) is 6.54 Å². The van der Waals surface area contributed by atoms with Gasteiger partial charge in [-0.05, 0) is 30.6 Å². The summed E-state index contributed by atoms with van der Waals surface area (Å²) in [5, 5.41) is 4.30.